The minimum absolute atomic E-state index is 0.276. The van der Waals surface area contributed by atoms with Gasteiger partial charge in [0.25, 0.3) is 5.91 Å². The maximum atomic E-state index is 13.2. The van der Waals surface area contributed by atoms with E-state index in [1.807, 2.05) is 12.1 Å². The van der Waals surface area contributed by atoms with E-state index in [4.69, 9.17) is 9.47 Å². The Morgan fingerprint density at radius 2 is 1.84 bits per heavy atom. The number of halogens is 3. The van der Waals surface area contributed by atoms with Gasteiger partial charge in [0.15, 0.2) is 0 Å². The highest BCUT2D eigenvalue weighted by molar-refractivity contribution is 5.94. The molecule has 1 heterocycles. The Balaban J connectivity index is 1.68. The number of rotatable bonds is 6. The first kappa shape index (κ1) is 31.8. The zero-order chi connectivity index (χ0) is 31.4. The van der Waals surface area contributed by atoms with Gasteiger partial charge in [-0.2, -0.15) is 13.2 Å². The number of esters is 2. The molecule has 3 atom stereocenters. The summed E-state index contributed by atoms with van der Waals surface area (Å²) in [6.07, 6.45) is -0.593. The van der Waals surface area contributed by atoms with Crippen LogP contribution in [0.5, 0.6) is 5.75 Å². The summed E-state index contributed by atoms with van der Waals surface area (Å²) in [5, 5.41) is 0. The van der Waals surface area contributed by atoms with Crippen molar-refractivity contribution in [2.24, 2.45) is 0 Å². The Hall–Kier alpha value is -4.10. The van der Waals surface area contributed by atoms with Crippen LogP contribution in [0.1, 0.15) is 56.2 Å². The Bertz CT molecular complexity index is 1440. The molecular weight excluding hydrogens is 561 g/mol. The molecule has 0 aromatic heterocycles. The number of benzene rings is 2. The number of carbonyl (C=O) groups excluding carboxylic acids is 3. The van der Waals surface area contributed by atoms with Crippen LogP contribution < -0.4 is 4.74 Å². The average molecular weight is 597 g/mol. The molecule has 2 aromatic carbocycles. The molecular formula is C33H35F3N2O5. The lowest BCUT2D eigenvalue weighted by atomic mass is 9.55. The molecule has 0 spiro atoms. The van der Waals surface area contributed by atoms with Gasteiger partial charge in [0.1, 0.15) is 11.4 Å². The lowest BCUT2D eigenvalue weighted by Gasteiger charge is -2.60. The summed E-state index contributed by atoms with van der Waals surface area (Å²) < 4.78 is 50.3. The molecule has 2 aromatic rings. The summed E-state index contributed by atoms with van der Waals surface area (Å²) in [5.41, 5.74) is -1.29. The Labute approximate surface area is 249 Å². The quantitative estimate of drug-likeness (QED) is 0.199. The van der Waals surface area contributed by atoms with Crippen LogP contribution in [0.4, 0.5) is 13.2 Å². The van der Waals surface area contributed by atoms with Crippen molar-refractivity contribution in [1.29, 1.82) is 0 Å². The van der Waals surface area contributed by atoms with Crippen LogP contribution in [0, 0.1) is 11.8 Å². The zero-order valence-corrected chi connectivity index (χ0v) is 24.5. The first-order valence-electron chi connectivity index (χ1n) is 14.1. The molecule has 10 heteroatoms. The number of hydrogen-bond donors (Lipinski definition) is 0. The highest BCUT2D eigenvalue weighted by atomic mass is 19.4. The summed E-state index contributed by atoms with van der Waals surface area (Å²) in [4.78, 5) is 41.3. The number of alkyl halides is 3. The van der Waals surface area contributed by atoms with Crippen LogP contribution in [0.25, 0.3) is 0 Å². The molecule has 0 unspecified atom stereocenters. The molecule has 1 aliphatic carbocycles. The fourth-order valence-electron chi connectivity index (χ4n) is 6.47. The molecule has 1 saturated heterocycles. The molecule has 2 fully saturated rings. The van der Waals surface area contributed by atoms with Crippen molar-refractivity contribution in [2.45, 2.75) is 62.8 Å². The molecule has 0 radical (unpaired) electrons. The fourth-order valence-corrected chi connectivity index (χ4v) is 6.47. The standard InChI is InChI=1S/C33H35F3N2O5/c1-5-18-38-19-17-31(27-7-6-8-29(20-27)42-23(2)39)21-28(15-16-32(31,22-38)43-24(3)40)37(4)30(41)14-11-25-9-12-26(13-10-25)33(34,35)36/h5-10,12-13,20,28H,1,15-19,21-22H2,2-4H3/t28-,31+,32+/m1/s1. The molecule has 2 aliphatic rings. The molecule has 1 saturated carbocycles. The number of nitrogens with zero attached hydrogens (tertiary/aromatic N) is 2. The van der Waals surface area contributed by atoms with Gasteiger partial charge < -0.3 is 14.4 Å². The lowest BCUT2D eigenvalue weighted by Crippen LogP contribution is -2.68. The number of piperidine rings is 1. The second kappa shape index (κ2) is 12.6. The van der Waals surface area contributed by atoms with Crippen LogP contribution in [0.15, 0.2) is 61.2 Å². The summed E-state index contributed by atoms with van der Waals surface area (Å²) in [7, 11) is 1.66. The van der Waals surface area contributed by atoms with E-state index in [1.54, 1.807) is 30.1 Å². The van der Waals surface area contributed by atoms with Gasteiger partial charge in [-0.15, -0.1) is 6.58 Å². The van der Waals surface area contributed by atoms with Crippen LogP contribution in [-0.2, 0) is 30.7 Å². The van der Waals surface area contributed by atoms with E-state index < -0.39 is 40.6 Å². The van der Waals surface area contributed by atoms with E-state index in [2.05, 4.69) is 23.3 Å². The van der Waals surface area contributed by atoms with Gasteiger partial charge in [-0.05, 0) is 74.2 Å². The van der Waals surface area contributed by atoms with Crippen molar-refractivity contribution in [3.05, 3.63) is 77.9 Å². The topological polar surface area (TPSA) is 76.2 Å². The molecule has 43 heavy (non-hydrogen) atoms. The summed E-state index contributed by atoms with van der Waals surface area (Å²) in [5.74, 6) is 4.28. The SMILES string of the molecule is C=CCN1CC[C@@]2(c3cccc(OC(C)=O)c3)C[C@H](N(C)C(=O)C#Cc3ccc(C(F)(F)F)cc3)CC[C@]2(OC(C)=O)C1. The van der Waals surface area contributed by atoms with Gasteiger partial charge in [-0.25, -0.2) is 0 Å². The van der Waals surface area contributed by atoms with Gasteiger partial charge in [0, 0.05) is 56.9 Å². The first-order valence-corrected chi connectivity index (χ1v) is 14.1. The smallest absolute Gasteiger partial charge is 0.416 e. The van der Waals surface area contributed by atoms with Crippen LogP contribution >= 0.6 is 0 Å². The van der Waals surface area contributed by atoms with Crippen molar-refractivity contribution in [3.63, 3.8) is 0 Å². The third-order valence-electron chi connectivity index (χ3n) is 8.44. The number of hydrogen-bond acceptors (Lipinski definition) is 6. The zero-order valence-electron chi connectivity index (χ0n) is 24.5. The number of carbonyl (C=O) groups is 3. The molecule has 0 N–H and O–H groups in total. The van der Waals surface area contributed by atoms with Crippen molar-refractivity contribution in [1.82, 2.24) is 9.80 Å². The van der Waals surface area contributed by atoms with Crippen molar-refractivity contribution in [2.75, 3.05) is 26.7 Å². The van der Waals surface area contributed by atoms with Crippen LogP contribution in [0.3, 0.4) is 0 Å². The Kier molecular flexibility index (Phi) is 9.35. The monoisotopic (exact) mass is 596 g/mol. The van der Waals surface area contributed by atoms with E-state index in [0.717, 1.165) is 17.7 Å². The largest absolute Gasteiger partial charge is 0.457 e. The predicted molar refractivity (Wildman–Crippen MR) is 154 cm³/mol. The number of ether oxygens (including phenoxy) is 2. The molecule has 1 aliphatic heterocycles. The molecule has 0 bridgehead atoms. The average Bonchev–Trinajstić information content (AvgIpc) is 2.94. The van der Waals surface area contributed by atoms with Crippen molar-refractivity contribution < 1.29 is 37.0 Å². The minimum Gasteiger partial charge on any atom is -0.457 e. The van der Waals surface area contributed by atoms with Gasteiger partial charge >= 0.3 is 18.1 Å². The Morgan fingerprint density at radius 1 is 1.12 bits per heavy atom. The summed E-state index contributed by atoms with van der Waals surface area (Å²) in [6.45, 7) is 8.35. The van der Waals surface area contributed by atoms with Crippen LogP contribution in [-0.4, -0.2) is 66.0 Å². The van der Waals surface area contributed by atoms with E-state index >= 15 is 0 Å². The lowest BCUT2D eigenvalue weighted by molar-refractivity contribution is -0.189. The normalized spacial score (nSPS) is 23.6. The number of likely N-dealkylation sites (tertiary alicyclic amines) is 1. The fraction of sp³-hybridized carbons (Fsp3) is 0.424. The highest BCUT2D eigenvalue weighted by Crippen LogP contribution is 2.54. The van der Waals surface area contributed by atoms with E-state index in [1.165, 1.54) is 26.0 Å². The highest BCUT2D eigenvalue weighted by Gasteiger charge is 2.61. The molecule has 228 valence electrons. The van der Waals surface area contributed by atoms with Crippen molar-refractivity contribution in [3.8, 4) is 17.6 Å². The summed E-state index contributed by atoms with van der Waals surface area (Å²) in [6, 6.07) is 11.3. The van der Waals surface area contributed by atoms with Crippen molar-refractivity contribution >= 4 is 17.8 Å². The van der Waals surface area contributed by atoms with Crippen LogP contribution in [0.2, 0.25) is 0 Å². The van der Waals surface area contributed by atoms with Gasteiger partial charge in [0.2, 0.25) is 0 Å². The second-order valence-electron chi connectivity index (χ2n) is 11.2. The molecule has 1 amide bonds. The Morgan fingerprint density at radius 3 is 2.47 bits per heavy atom. The van der Waals surface area contributed by atoms with E-state index in [0.29, 0.717) is 56.6 Å². The predicted octanol–water partition coefficient (Wildman–Crippen LogP) is 5.12. The van der Waals surface area contributed by atoms with Gasteiger partial charge in [0.05, 0.1) is 5.56 Å². The minimum atomic E-state index is -4.46. The maximum Gasteiger partial charge on any atom is 0.416 e. The third kappa shape index (κ3) is 6.94. The number of amides is 1. The van der Waals surface area contributed by atoms with E-state index in [-0.39, 0.29) is 6.04 Å². The van der Waals surface area contributed by atoms with Gasteiger partial charge in [-0.1, -0.05) is 24.1 Å². The third-order valence-corrected chi connectivity index (χ3v) is 8.44. The maximum absolute atomic E-state index is 13.2. The first-order chi connectivity index (χ1) is 20.3. The van der Waals surface area contributed by atoms with E-state index in [9.17, 15) is 27.6 Å². The molecule has 7 nitrogen and oxygen atoms in total. The summed E-state index contributed by atoms with van der Waals surface area (Å²) >= 11 is 0. The number of fused-ring (bicyclic) bond motifs is 1. The second-order valence-corrected chi connectivity index (χ2v) is 11.2. The van der Waals surface area contributed by atoms with Gasteiger partial charge in [-0.3, -0.25) is 19.3 Å². The molecule has 4 rings (SSSR count).